The number of hydrogen-bond donors (Lipinski definition) is 2. The highest BCUT2D eigenvalue weighted by molar-refractivity contribution is 7.21. The van der Waals surface area contributed by atoms with E-state index in [-0.39, 0.29) is 11.9 Å². The number of amides is 1. The summed E-state index contributed by atoms with van der Waals surface area (Å²) < 4.78 is 6.18. The van der Waals surface area contributed by atoms with Crippen molar-refractivity contribution in [2.24, 2.45) is 0 Å². The molecule has 0 spiro atoms. The van der Waals surface area contributed by atoms with Crippen molar-refractivity contribution in [1.29, 1.82) is 0 Å². The maximum Gasteiger partial charge on any atom is 0.263 e. The molecular weight excluding hydrogens is 272 g/mol. The Hall–Kier alpha value is -1.59. The van der Waals surface area contributed by atoms with Crippen LogP contribution in [0.15, 0.2) is 18.2 Å². The normalized spacial score (nSPS) is 12.6. The fourth-order valence-corrected chi connectivity index (χ4v) is 3.25. The molecule has 0 saturated carbocycles. The standard InChI is InChI=1S/C15H20N2O2S/c1-4-10(8-19-3)17-15(18)14-12(16)11-7-5-6-9(2)13(11)20-14/h5-7,10H,4,8,16H2,1-3H3,(H,17,18). The van der Waals surface area contributed by atoms with Crippen LogP contribution >= 0.6 is 11.3 Å². The molecule has 1 heterocycles. The maximum atomic E-state index is 12.4. The van der Waals surface area contributed by atoms with Crippen LogP contribution in [-0.4, -0.2) is 25.7 Å². The van der Waals surface area contributed by atoms with E-state index in [4.69, 9.17) is 10.5 Å². The molecule has 0 aliphatic heterocycles. The first-order valence-electron chi connectivity index (χ1n) is 6.65. The average molecular weight is 292 g/mol. The molecule has 1 aromatic heterocycles. The first-order valence-corrected chi connectivity index (χ1v) is 7.47. The molecule has 2 rings (SSSR count). The van der Waals surface area contributed by atoms with Gasteiger partial charge in [-0.25, -0.2) is 0 Å². The third-order valence-corrected chi connectivity index (χ3v) is 4.71. The second kappa shape index (κ2) is 6.24. The Morgan fingerprint density at radius 3 is 2.85 bits per heavy atom. The van der Waals surface area contributed by atoms with Crippen molar-refractivity contribution in [1.82, 2.24) is 5.32 Å². The summed E-state index contributed by atoms with van der Waals surface area (Å²) in [6, 6.07) is 5.96. The van der Waals surface area contributed by atoms with Crippen LogP contribution in [0.3, 0.4) is 0 Å². The van der Waals surface area contributed by atoms with E-state index in [9.17, 15) is 4.79 Å². The van der Waals surface area contributed by atoms with Gasteiger partial charge in [0.1, 0.15) is 4.88 Å². The molecule has 0 bridgehead atoms. The van der Waals surface area contributed by atoms with E-state index in [1.165, 1.54) is 11.3 Å². The number of thiophene rings is 1. The fraction of sp³-hybridized carbons (Fsp3) is 0.400. The Labute approximate surface area is 122 Å². The number of fused-ring (bicyclic) bond motifs is 1. The summed E-state index contributed by atoms with van der Waals surface area (Å²) >= 11 is 1.45. The highest BCUT2D eigenvalue weighted by Crippen LogP contribution is 2.35. The van der Waals surface area contributed by atoms with Gasteiger partial charge in [-0.2, -0.15) is 0 Å². The molecule has 1 unspecified atom stereocenters. The van der Waals surface area contributed by atoms with Gasteiger partial charge in [0.05, 0.1) is 18.3 Å². The van der Waals surface area contributed by atoms with Crippen molar-refractivity contribution in [3.05, 3.63) is 28.6 Å². The lowest BCUT2D eigenvalue weighted by Gasteiger charge is -2.15. The molecule has 0 saturated heterocycles. The van der Waals surface area contributed by atoms with Crippen LogP contribution < -0.4 is 11.1 Å². The van der Waals surface area contributed by atoms with E-state index in [1.54, 1.807) is 7.11 Å². The highest BCUT2D eigenvalue weighted by atomic mass is 32.1. The number of nitrogens with two attached hydrogens (primary N) is 1. The van der Waals surface area contributed by atoms with E-state index in [0.29, 0.717) is 17.2 Å². The Morgan fingerprint density at radius 2 is 2.25 bits per heavy atom. The van der Waals surface area contributed by atoms with Gasteiger partial charge < -0.3 is 15.8 Å². The van der Waals surface area contributed by atoms with Crippen LogP contribution in [0.5, 0.6) is 0 Å². The number of carbonyl (C=O) groups excluding carboxylic acids is 1. The van der Waals surface area contributed by atoms with E-state index in [0.717, 1.165) is 22.1 Å². The number of hydrogen-bond acceptors (Lipinski definition) is 4. The second-order valence-electron chi connectivity index (χ2n) is 4.83. The largest absolute Gasteiger partial charge is 0.397 e. The molecule has 1 amide bonds. The molecule has 3 N–H and O–H groups in total. The fourth-order valence-electron chi connectivity index (χ4n) is 2.16. The van der Waals surface area contributed by atoms with Crippen molar-refractivity contribution >= 4 is 33.0 Å². The monoisotopic (exact) mass is 292 g/mol. The third-order valence-electron chi connectivity index (χ3n) is 3.35. The van der Waals surface area contributed by atoms with Crippen molar-refractivity contribution in [2.45, 2.75) is 26.3 Å². The van der Waals surface area contributed by atoms with Gasteiger partial charge in [-0.3, -0.25) is 4.79 Å². The van der Waals surface area contributed by atoms with Gasteiger partial charge in [0, 0.05) is 17.2 Å². The van der Waals surface area contributed by atoms with Gasteiger partial charge in [-0.15, -0.1) is 11.3 Å². The molecular formula is C15H20N2O2S. The second-order valence-corrected chi connectivity index (χ2v) is 5.85. The van der Waals surface area contributed by atoms with Crippen molar-refractivity contribution in [2.75, 3.05) is 19.5 Å². The number of benzene rings is 1. The van der Waals surface area contributed by atoms with Crippen LogP contribution in [0.1, 0.15) is 28.6 Å². The minimum atomic E-state index is -0.119. The lowest BCUT2D eigenvalue weighted by Crippen LogP contribution is -2.37. The Balaban J connectivity index is 2.31. The summed E-state index contributed by atoms with van der Waals surface area (Å²) in [5.74, 6) is -0.119. The van der Waals surface area contributed by atoms with E-state index < -0.39 is 0 Å². The third kappa shape index (κ3) is 2.78. The van der Waals surface area contributed by atoms with Crippen LogP contribution in [-0.2, 0) is 4.74 Å². The Kier molecular flexibility index (Phi) is 4.62. The molecule has 0 aliphatic carbocycles. The Bertz CT molecular complexity index is 622. The van der Waals surface area contributed by atoms with E-state index in [2.05, 4.69) is 5.32 Å². The number of rotatable bonds is 5. The zero-order valence-corrected chi connectivity index (χ0v) is 12.8. The van der Waals surface area contributed by atoms with Crippen LogP contribution in [0.2, 0.25) is 0 Å². The highest BCUT2D eigenvalue weighted by Gasteiger charge is 2.19. The number of methoxy groups -OCH3 is 1. The zero-order chi connectivity index (χ0) is 14.7. The first-order chi connectivity index (χ1) is 9.58. The molecule has 1 atom stereocenters. The maximum absolute atomic E-state index is 12.4. The molecule has 20 heavy (non-hydrogen) atoms. The molecule has 0 fully saturated rings. The quantitative estimate of drug-likeness (QED) is 0.890. The van der Waals surface area contributed by atoms with Gasteiger partial charge in [-0.1, -0.05) is 25.1 Å². The van der Waals surface area contributed by atoms with Crippen LogP contribution in [0.25, 0.3) is 10.1 Å². The molecule has 108 valence electrons. The Morgan fingerprint density at radius 1 is 1.50 bits per heavy atom. The number of carbonyl (C=O) groups is 1. The average Bonchev–Trinajstić information content (AvgIpc) is 2.77. The molecule has 5 heteroatoms. The van der Waals surface area contributed by atoms with E-state index >= 15 is 0 Å². The van der Waals surface area contributed by atoms with Gasteiger partial charge in [0.15, 0.2) is 0 Å². The van der Waals surface area contributed by atoms with Crippen LogP contribution in [0, 0.1) is 6.92 Å². The number of nitrogen functional groups attached to an aromatic ring is 1. The predicted octanol–water partition coefficient (Wildman–Crippen LogP) is 2.95. The summed E-state index contributed by atoms with van der Waals surface area (Å²) in [6.07, 6.45) is 0.823. The molecule has 0 aliphatic rings. The van der Waals surface area contributed by atoms with Gasteiger partial charge in [-0.05, 0) is 18.9 Å². The number of nitrogens with one attached hydrogen (secondary N) is 1. The van der Waals surface area contributed by atoms with Crippen molar-refractivity contribution in [3.8, 4) is 0 Å². The van der Waals surface area contributed by atoms with E-state index in [1.807, 2.05) is 32.0 Å². The smallest absolute Gasteiger partial charge is 0.263 e. The molecule has 1 aromatic carbocycles. The summed E-state index contributed by atoms with van der Waals surface area (Å²) in [7, 11) is 1.63. The van der Waals surface area contributed by atoms with Gasteiger partial charge in [0.25, 0.3) is 5.91 Å². The van der Waals surface area contributed by atoms with Gasteiger partial charge in [0.2, 0.25) is 0 Å². The topological polar surface area (TPSA) is 64.3 Å². The minimum Gasteiger partial charge on any atom is -0.397 e. The van der Waals surface area contributed by atoms with Crippen LogP contribution in [0.4, 0.5) is 5.69 Å². The van der Waals surface area contributed by atoms with Crippen molar-refractivity contribution in [3.63, 3.8) is 0 Å². The summed E-state index contributed by atoms with van der Waals surface area (Å²) in [5.41, 5.74) is 7.83. The summed E-state index contributed by atoms with van der Waals surface area (Å²) in [5, 5.41) is 3.93. The SMILES string of the molecule is CCC(COC)NC(=O)c1sc2c(C)cccc2c1N. The minimum absolute atomic E-state index is 0.0122. The first kappa shape index (κ1) is 14.8. The number of anilines is 1. The van der Waals surface area contributed by atoms with Crippen molar-refractivity contribution < 1.29 is 9.53 Å². The number of aryl methyl sites for hydroxylation is 1. The summed E-state index contributed by atoms with van der Waals surface area (Å²) in [4.78, 5) is 12.9. The lowest BCUT2D eigenvalue weighted by molar-refractivity contribution is 0.0899. The predicted molar refractivity (Wildman–Crippen MR) is 84.4 cm³/mol. The molecule has 0 radical (unpaired) electrons. The number of ether oxygens (including phenoxy) is 1. The summed E-state index contributed by atoms with van der Waals surface area (Å²) in [6.45, 7) is 4.55. The molecule has 2 aromatic rings. The van der Waals surface area contributed by atoms with Gasteiger partial charge >= 0.3 is 0 Å². The molecule has 4 nitrogen and oxygen atoms in total. The lowest BCUT2D eigenvalue weighted by atomic mass is 10.1. The zero-order valence-electron chi connectivity index (χ0n) is 12.0.